The Labute approximate surface area is 155 Å². The number of hydrogen-bond donors (Lipinski definition) is 4. The molecule has 1 unspecified atom stereocenters. The maximum Gasteiger partial charge on any atom is 0.320 e. The van der Waals surface area contributed by atoms with Crippen molar-refractivity contribution in [3.8, 4) is 0 Å². The van der Waals surface area contributed by atoms with Crippen molar-refractivity contribution in [3.05, 3.63) is 59.7 Å². The highest BCUT2D eigenvalue weighted by Gasteiger charge is 2.24. The first-order valence-electron chi connectivity index (χ1n) is 8.08. The molecule has 0 aliphatic carbocycles. The van der Waals surface area contributed by atoms with Gasteiger partial charge in [0.15, 0.2) is 0 Å². The zero-order valence-corrected chi connectivity index (χ0v) is 15.2. The summed E-state index contributed by atoms with van der Waals surface area (Å²) in [5.41, 5.74) is 12.1. The molecule has 0 heterocycles. The lowest BCUT2D eigenvalue weighted by Gasteiger charge is -2.15. The summed E-state index contributed by atoms with van der Waals surface area (Å²) in [4.78, 5) is 32.0. The lowest BCUT2D eigenvalue weighted by Crippen LogP contribution is -2.43. The van der Waals surface area contributed by atoms with Gasteiger partial charge in [0.2, 0.25) is 0 Å². The van der Waals surface area contributed by atoms with E-state index in [1.807, 2.05) is 0 Å². The predicted octanol–water partition coefficient (Wildman–Crippen LogP) is -1.52. The minimum Gasteiger partial charge on any atom is -0.548 e. The molecule has 0 aliphatic heterocycles. The van der Waals surface area contributed by atoms with Gasteiger partial charge in [-0.1, -0.05) is 24.3 Å². The summed E-state index contributed by atoms with van der Waals surface area (Å²) >= 11 is 0. The molecule has 0 saturated heterocycles. The minimum atomic E-state index is -3.85. The quantitative estimate of drug-likeness (QED) is 0.394. The lowest BCUT2D eigenvalue weighted by atomic mass is 10.1. The Kier molecular flexibility index (Phi) is 6.51. The van der Waals surface area contributed by atoms with Crippen molar-refractivity contribution in [1.82, 2.24) is 0 Å². The number of carbonyl (C=O) groups is 2. The number of aliphatic carboxylic acids is 2. The van der Waals surface area contributed by atoms with Gasteiger partial charge in [-0.2, -0.15) is 0 Å². The Morgan fingerprint density at radius 1 is 0.889 bits per heavy atom. The van der Waals surface area contributed by atoms with Crippen LogP contribution in [0.5, 0.6) is 0 Å². The Morgan fingerprint density at radius 2 is 1.26 bits per heavy atom. The van der Waals surface area contributed by atoms with Crippen molar-refractivity contribution in [2.45, 2.75) is 24.9 Å². The Bertz CT molecular complexity index is 797. The number of carboxylic acids is 2. The SMILES string of the molecule is N[C@@H](Cc1ccc(P(=O)(O)c2ccc(C[C@H](N)C(=O)O)cc2)cc1)C(=O)[O-]. The Hall–Kier alpha value is -2.51. The van der Waals surface area contributed by atoms with Crippen LogP contribution < -0.4 is 27.2 Å². The number of carboxylic acid groups (broad SMARTS) is 2. The van der Waals surface area contributed by atoms with Crippen molar-refractivity contribution >= 4 is 29.9 Å². The molecule has 0 spiro atoms. The van der Waals surface area contributed by atoms with Crippen LogP contribution in [0, 0.1) is 0 Å². The summed E-state index contributed by atoms with van der Waals surface area (Å²) in [7, 11) is -3.85. The fraction of sp³-hybridized carbons (Fsp3) is 0.222. The van der Waals surface area contributed by atoms with E-state index in [1.54, 1.807) is 24.3 Å². The molecule has 144 valence electrons. The highest BCUT2D eigenvalue weighted by molar-refractivity contribution is 7.73. The van der Waals surface area contributed by atoms with Crippen LogP contribution in [0.4, 0.5) is 0 Å². The molecule has 3 atom stereocenters. The summed E-state index contributed by atoms with van der Waals surface area (Å²) in [6.45, 7) is 0. The van der Waals surface area contributed by atoms with E-state index in [4.69, 9.17) is 16.6 Å². The van der Waals surface area contributed by atoms with Gasteiger partial charge in [-0.05, 0) is 48.2 Å². The number of benzene rings is 2. The lowest BCUT2D eigenvalue weighted by molar-refractivity contribution is -0.307. The molecule has 0 aliphatic rings. The van der Waals surface area contributed by atoms with Gasteiger partial charge < -0.3 is 31.4 Å². The van der Waals surface area contributed by atoms with Crippen molar-refractivity contribution in [2.24, 2.45) is 11.5 Å². The normalized spacial score (nSPS) is 15.5. The van der Waals surface area contributed by atoms with Crippen LogP contribution in [0.1, 0.15) is 11.1 Å². The largest absolute Gasteiger partial charge is 0.548 e. The number of hydrogen-bond acceptors (Lipinski definition) is 6. The molecular formula is C18H20N2O6P-. The molecule has 0 saturated carbocycles. The number of rotatable bonds is 8. The third kappa shape index (κ3) is 5.24. The van der Waals surface area contributed by atoms with Crippen LogP contribution in [0.25, 0.3) is 0 Å². The third-order valence-electron chi connectivity index (χ3n) is 4.10. The summed E-state index contributed by atoms with van der Waals surface area (Å²) in [6, 6.07) is 9.84. The van der Waals surface area contributed by atoms with E-state index in [0.717, 1.165) is 0 Å². The van der Waals surface area contributed by atoms with Crippen molar-refractivity contribution in [1.29, 1.82) is 0 Å². The van der Waals surface area contributed by atoms with E-state index in [2.05, 4.69) is 0 Å². The topological polar surface area (TPSA) is 167 Å². The average molecular weight is 391 g/mol. The maximum atomic E-state index is 12.8. The zero-order valence-electron chi connectivity index (χ0n) is 14.3. The van der Waals surface area contributed by atoms with Crippen molar-refractivity contribution in [3.63, 3.8) is 0 Å². The predicted molar refractivity (Wildman–Crippen MR) is 98.0 cm³/mol. The van der Waals surface area contributed by atoms with Crippen LogP contribution in [0.15, 0.2) is 48.5 Å². The molecule has 8 nitrogen and oxygen atoms in total. The van der Waals surface area contributed by atoms with E-state index in [1.165, 1.54) is 24.3 Å². The fourth-order valence-electron chi connectivity index (χ4n) is 2.50. The fourth-order valence-corrected chi connectivity index (χ4v) is 3.90. The first kappa shape index (κ1) is 20.8. The Morgan fingerprint density at radius 3 is 1.59 bits per heavy atom. The molecule has 0 aromatic heterocycles. The average Bonchev–Trinajstić information content (AvgIpc) is 2.62. The molecule has 2 aromatic carbocycles. The molecule has 0 fully saturated rings. The highest BCUT2D eigenvalue weighted by atomic mass is 31.2. The molecule has 27 heavy (non-hydrogen) atoms. The van der Waals surface area contributed by atoms with E-state index >= 15 is 0 Å². The summed E-state index contributed by atoms with van der Waals surface area (Å²) in [5, 5.41) is 19.9. The van der Waals surface area contributed by atoms with Gasteiger partial charge >= 0.3 is 5.97 Å². The highest BCUT2D eigenvalue weighted by Crippen LogP contribution is 2.38. The van der Waals surface area contributed by atoms with Crippen molar-refractivity contribution < 1.29 is 29.3 Å². The first-order valence-corrected chi connectivity index (χ1v) is 9.74. The van der Waals surface area contributed by atoms with Gasteiger partial charge in [0.25, 0.3) is 7.37 Å². The molecule has 0 radical (unpaired) electrons. The molecule has 2 rings (SSSR count). The maximum absolute atomic E-state index is 12.8. The van der Waals surface area contributed by atoms with Gasteiger partial charge in [-0.15, -0.1) is 0 Å². The molecule has 0 bridgehead atoms. The number of carbonyl (C=O) groups excluding carboxylic acids is 1. The van der Waals surface area contributed by atoms with Crippen LogP contribution in [0.2, 0.25) is 0 Å². The second-order valence-corrected chi connectivity index (χ2v) is 8.37. The second kappa shape index (κ2) is 8.45. The Balaban J connectivity index is 2.16. The van der Waals surface area contributed by atoms with E-state index in [9.17, 15) is 24.2 Å². The minimum absolute atomic E-state index is 0.0525. The van der Waals surface area contributed by atoms with Crippen LogP contribution >= 0.6 is 7.37 Å². The van der Waals surface area contributed by atoms with Gasteiger partial charge in [-0.3, -0.25) is 9.36 Å². The molecule has 9 heteroatoms. The third-order valence-corrected chi connectivity index (χ3v) is 6.10. The van der Waals surface area contributed by atoms with Crippen molar-refractivity contribution in [2.75, 3.05) is 0 Å². The summed E-state index contributed by atoms with van der Waals surface area (Å²) in [6.07, 6.45) is 0.162. The van der Waals surface area contributed by atoms with Crippen LogP contribution in [0.3, 0.4) is 0 Å². The van der Waals surface area contributed by atoms with Crippen LogP contribution in [-0.4, -0.2) is 34.0 Å². The zero-order chi connectivity index (χ0) is 20.2. The smallest absolute Gasteiger partial charge is 0.320 e. The first-order chi connectivity index (χ1) is 12.6. The van der Waals surface area contributed by atoms with Crippen LogP contribution in [-0.2, 0) is 27.0 Å². The standard InChI is InChI=1S/C18H21N2O6P/c19-15(17(21)22)9-11-1-5-13(6-2-11)27(25,26)14-7-3-12(4-8-14)10-16(20)18(23)24/h1-8,15-16H,9-10,19-20H2,(H,21,22)(H,23,24)(H,25,26)/p-1/t15-,16-/m0/s1. The summed E-state index contributed by atoms with van der Waals surface area (Å²) < 4.78 is 12.8. The van der Waals surface area contributed by atoms with E-state index in [-0.39, 0.29) is 23.5 Å². The molecule has 0 amide bonds. The molecular weight excluding hydrogens is 371 g/mol. The molecule has 2 aromatic rings. The second-order valence-electron chi connectivity index (χ2n) is 6.19. The van der Waals surface area contributed by atoms with Gasteiger partial charge in [-0.25, -0.2) is 0 Å². The number of nitrogens with two attached hydrogens (primary N) is 2. The summed E-state index contributed by atoms with van der Waals surface area (Å²) in [5.74, 6) is -2.49. The monoisotopic (exact) mass is 391 g/mol. The van der Waals surface area contributed by atoms with Gasteiger partial charge in [0.05, 0.1) is 5.97 Å². The van der Waals surface area contributed by atoms with E-state index in [0.29, 0.717) is 11.1 Å². The molecule has 6 N–H and O–H groups in total. The van der Waals surface area contributed by atoms with Gasteiger partial charge in [0, 0.05) is 16.7 Å². The van der Waals surface area contributed by atoms with E-state index < -0.39 is 31.4 Å². The van der Waals surface area contributed by atoms with Gasteiger partial charge in [0.1, 0.15) is 6.04 Å².